The molecule has 0 unspecified atom stereocenters. The predicted octanol–water partition coefficient (Wildman–Crippen LogP) is 1.31. The largest absolute Gasteiger partial charge is 0.348 e. The van der Waals surface area contributed by atoms with Crippen molar-refractivity contribution in [2.75, 3.05) is 40.3 Å². The minimum Gasteiger partial charge on any atom is -0.348 e. The maximum atomic E-state index is 13.0. The van der Waals surface area contributed by atoms with E-state index in [1.54, 1.807) is 25.1 Å². The van der Waals surface area contributed by atoms with E-state index in [1.165, 1.54) is 6.07 Å². The van der Waals surface area contributed by atoms with E-state index >= 15 is 0 Å². The molecule has 7 heteroatoms. The first-order valence-corrected chi connectivity index (χ1v) is 9.23. The molecule has 2 saturated heterocycles. The summed E-state index contributed by atoms with van der Waals surface area (Å²) in [6, 6.07) is 2.89. The molecule has 2 aliphatic heterocycles. The van der Waals surface area contributed by atoms with Gasteiger partial charge in [0.1, 0.15) is 5.82 Å². The standard InChI is InChI=1S/C19H27FN4O2/c1-22(2)18(26)13-24-10-4-8-19(24)7-3-9-23(14-19)17(25)11-16-6-5-15(20)12-21-16/h5-6,12H,3-4,7-11,13-14H2,1-2H3/t19-/m0/s1. The number of aromatic nitrogens is 1. The second-order valence-electron chi connectivity index (χ2n) is 7.60. The number of likely N-dealkylation sites (N-methyl/N-ethyl adjacent to an activating group) is 1. The molecular weight excluding hydrogens is 335 g/mol. The lowest BCUT2D eigenvalue weighted by atomic mass is 9.86. The third-order valence-electron chi connectivity index (χ3n) is 5.59. The molecule has 3 rings (SSSR count). The third kappa shape index (κ3) is 4.03. The lowest BCUT2D eigenvalue weighted by molar-refractivity contribution is -0.136. The van der Waals surface area contributed by atoms with E-state index in [2.05, 4.69) is 9.88 Å². The van der Waals surface area contributed by atoms with Crippen LogP contribution in [0.15, 0.2) is 18.3 Å². The molecule has 142 valence electrons. The number of carbonyl (C=O) groups is 2. The van der Waals surface area contributed by atoms with Crippen molar-refractivity contribution in [3.05, 3.63) is 29.8 Å². The Labute approximate surface area is 154 Å². The molecule has 2 amide bonds. The normalized spacial score (nSPS) is 23.4. The van der Waals surface area contributed by atoms with Gasteiger partial charge >= 0.3 is 0 Å². The average Bonchev–Trinajstić information content (AvgIpc) is 2.98. The van der Waals surface area contributed by atoms with Gasteiger partial charge in [0.2, 0.25) is 11.8 Å². The van der Waals surface area contributed by atoms with Crippen LogP contribution in [0.4, 0.5) is 4.39 Å². The maximum Gasteiger partial charge on any atom is 0.236 e. The zero-order valence-corrected chi connectivity index (χ0v) is 15.6. The lowest BCUT2D eigenvalue weighted by Gasteiger charge is -2.46. The number of hydrogen-bond donors (Lipinski definition) is 0. The fraction of sp³-hybridized carbons (Fsp3) is 0.632. The maximum absolute atomic E-state index is 13.0. The highest BCUT2D eigenvalue weighted by Gasteiger charge is 2.45. The van der Waals surface area contributed by atoms with Gasteiger partial charge < -0.3 is 9.80 Å². The highest BCUT2D eigenvalue weighted by atomic mass is 19.1. The molecule has 0 bridgehead atoms. The van der Waals surface area contributed by atoms with Crippen molar-refractivity contribution >= 4 is 11.8 Å². The van der Waals surface area contributed by atoms with Gasteiger partial charge in [-0.1, -0.05) is 0 Å². The smallest absolute Gasteiger partial charge is 0.236 e. The lowest BCUT2D eigenvalue weighted by Crippen LogP contribution is -2.58. The second kappa shape index (κ2) is 7.70. The van der Waals surface area contributed by atoms with Gasteiger partial charge in [0.15, 0.2) is 0 Å². The number of pyridine rings is 1. The molecule has 2 aliphatic rings. The van der Waals surface area contributed by atoms with Crippen molar-refractivity contribution in [2.24, 2.45) is 0 Å². The van der Waals surface area contributed by atoms with Crippen LogP contribution in [0.5, 0.6) is 0 Å². The summed E-state index contributed by atoms with van der Waals surface area (Å²) in [7, 11) is 3.55. The van der Waals surface area contributed by atoms with Gasteiger partial charge in [0, 0.05) is 38.4 Å². The molecule has 26 heavy (non-hydrogen) atoms. The Morgan fingerprint density at radius 2 is 1.96 bits per heavy atom. The number of carbonyl (C=O) groups excluding carboxylic acids is 2. The minimum atomic E-state index is -0.398. The predicted molar refractivity (Wildman–Crippen MR) is 95.9 cm³/mol. The van der Waals surface area contributed by atoms with Crippen molar-refractivity contribution in [3.63, 3.8) is 0 Å². The van der Waals surface area contributed by atoms with E-state index in [0.717, 1.165) is 45.0 Å². The Kier molecular flexibility index (Phi) is 5.55. The topological polar surface area (TPSA) is 56.8 Å². The zero-order valence-electron chi connectivity index (χ0n) is 15.6. The molecule has 6 nitrogen and oxygen atoms in total. The number of piperidine rings is 1. The zero-order chi connectivity index (χ0) is 18.7. The molecule has 0 saturated carbocycles. The van der Waals surface area contributed by atoms with Gasteiger partial charge in [-0.3, -0.25) is 19.5 Å². The Morgan fingerprint density at radius 3 is 2.62 bits per heavy atom. The molecule has 2 fully saturated rings. The van der Waals surface area contributed by atoms with Gasteiger partial charge in [-0.05, 0) is 44.4 Å². The fourth-order valence-corrected chi connectivity index (χ4v) is 4.11. The minimum absolute atomic E-state index is 0.0222. The molecule has 0 aromatic carbocycles. The molecule has 3 heterocycles. The molecule has 1 aromatic rings. The Morgan fingerprint density at radius 1 is 1.23 bits per heavy atom. The number of rotatable bonds is 4. The highest BCUT2D eigenvalue weighted by Crippen LogP contribution is 2.37. The van der Waals surface area contributed by atoms with Crippen molar-refractivity contribution in [3.8, 4) is 0 Å². The Balaban J connectivity index is 1.66. The van der Waals surface area contributed by atoms with E-state index < -0.39 is 5.82 Å². The fourth-order valence-electron chi connectivity index (χ4n) is 4.11. The van der Waals surface area contributed by atoms with Gasteiger partial charge in [0.25, 0.3) is 0 Å². The average molecular weight is 362 g/mol. The molecule has 1 spiro atoms. The van der Waals surface area contributed by atoms with Crippen molar-refractivity contribution in [1.82, 2.24) is 19.7 Å². The summed E-state index contributed by atoms with van der Waals surface area (Å²) in [5.41, 5.74) is 0.498. The van der Waals surface area contributed by atoms with E-state index in [1.807, 2.05) is 4.90 Å². The van der Waals surface area contributed by atoms with E-state index in [-0.39, 0.29) is 23.8 Å². The van der Waals surface area contributed by atoms with Crippen molar-refractivity contribution < 1.29 is 14.0 Å². The highest BCUT2D eigenvalue weighted by molar-refractivity contribution is 5.79. The van der Waals surface area contributed by atoms with Crippen molar-refractivity contribution in [2.45, 2.75) is 37.6 Å². The third-order valence-corrected chi connectivity index (χ3v) is 5.59. The molecular formula is C19H27FN4O2. The molecule has 0 aliphatic carbocycles. The first kappa shape index (κ1) is 18.8. The Bertz CT molecular complexity index is 664. The van der Waals surface area contributed by atoms with Crippen LogP contribution >= 0.6 is 0 Å². The monoisotopic (exact) mass is 362 g/mol. The summed E-state index contributed by atoms with van der Waals surface area (Å²) in [6.45, 7) is 2.71. The van der Waals surface area contributed by atoms with E-state index in [0.29, 0.717) is 18.8 Å². The first-order valence-electron chi connectivity index (χ1n) is 9.23. The number of hydrogen-bond acceptors (Lipinski definition) is 4. The quantitative estimate of drug-likeness (QED) is 0.810. The SMILES string of the molecule is CN(C)C(=O)CN1CCC[C@]12CCCN(C(=O)Cc1ccc(F)cn1)C2. The summed E-state index contributed by atoms with van der Waals surface area (Å²) in [4.78, 5) is 34.7. The molecule has 1 atom stereocenters. The molecule has 1 aromatic heterocycles. The van der Waals surface area contributed by atoms with Crippen molar-refractivity contribution in [1.29, 1.82) is 0 Å². The van der Waals surface area contributed by atoms with Crippen LogP contribution in [0.3, 0.4) is 0 Å². The second-order valence-corrected chi connectivity index (χ2v) is 7.60. The molecule has 0 radical (unpaired) electrons. The number of halogens is 1. The van der Waals surface area contributed by atoms with Gasteiger partial charge in [-0.2, -0.15) is 0 Å². The molecule has 0 N–H and O–H groups in total. The van der Waals surface area contributed by atoms with Crippen LogP contribution in [0.25, 0.3) is 0 Å². The first-order chi connectivity index (χ1) is 12.4. The van der Waals surface area contributed by atoms with Crippen LogP contribution in [0.2, 0.25) is 0 Å². The Hall–Kier alpha value is -2.02. The summed E-state index contributed by atoms with van der Waals surface area (Å²) in [5.74, 6) is -0.274. The van der Waals surface area contributed by atoms with Gasteiger partial charge in [-0.25, -0.2) is 4.39 Å². The number of amides is 2. The number of nitrogens with zero attached hydrogens (tertiary/aromatic N) is 4. The van der Waals surface area contributed by atoms with Crippen LogP contribution in [0.1, 0.15) is 31.4 Å². The van der Waals surface area contributed by atoms with Crippen LogP contribution in [0, 0.1) is 5.82 Å². The van der Waals surface area contributed by atoms with Gasteiger partial charge in [0.05, 0.1) is 19.2 Å². The summed E-state index contributed by atoms with van der Waals surface area (Å²) < 4.78 is 13.0. The van der Waals surface area contributed by atoms with Crippen LogP contribution in [-0.4, -0.2) is 77.3 Å². The summed E-state index contributed by atoms with van der Waals surface area (Å²) in [5, 5.41) is 0. The van der Waals surface area contributed by atoms with E-state index in [4.69, 9.17) is 0 Å². The van der Waals surface area contributed by atoms with Gasteiger partial charge in [-0.15, -0.1) is 0 Å². The summed E-state index contributed by atoms with van der Waals surface area (Å²) >= 11 is 0. The van der Waals surface area contributed by atoms with E-state index in [9.17, 15) is 14.0 Å². The number of likely N-dealkylation sites (tertiary alicyclic amines) is 2. The van der Waals surface area contributed by atoms with Crippen LogP contribution < -0.4 is 0 Å². The summed E-state index contributed by atoms with van der Waals surface area (Å²) in [6.07, 6.45) is 5.37. The van der Waals surface area contributed by atoms with Crippen LogP contribution in [-0.2, 0) is 16.0 Å².